The van der Waals surface area contributed by atoms with E-state index in [4.69, 9.17) is 9.84 Å². The van der Waals surface area contributed by atoms with E-state index in [1.165, 1.54) is 6.92 Å². The van der Waals surface area contributed by atoms with Crippen LogP contribution in [0.3, 0.4) is 0 Å². The Kier molecular flexibility index (Phi) is 5.79. The summed E-state index contributed by atoms with van der Waals surface area (Å²) >= 11 is 0. The summed E-state index contributed by atoms with van der Waals surface area (Å²) in [5.41, 5.74) is -1.75. The first-order valence-electron chi connectivity index (χ1n) is 7.61. The third kappa shape index (κ3) is 5.20. The Bertz CT molecular complexity index is 436. The van der Waals surface area contributed by atoms with Crippen LogP contribution < -0.4 is 10.6 Å². The lowest BCUT2D eigenvalue weighted by atomic mass is 9.81. The number of alkyl carbamates (subject to hydrolysis) is 1. The van der Waals surface area contributed by atoms with Crippen molar-refractivity contribution in [1.82, 2.24) is 10.6 Å². The number of carboxylic acid groups (broad SMARTS) is 1. The molecule has 0 aromatic carbocycles. The molecule has 1 fully saturated rings. The molecule has 2 amide bonds. The standard InChI is InChI=1S/C15H26N2O5/c1-10(11(18)19)16-12(20)15(8-6-5-7-9-15)17-13(21)22-14(2,3)4/h10H,5-9H2,1-4H3,(H,16,20)(H,17,21)(H,18,19)/t10-/m1/s1. The monoisotopic (exact) mass is 314 g/mol. The number of carbonyl (C=O) groups excluding carboxylic acids is 2. The predicted molar refractivity (Wildman–Crippen MR) is 80.4 cm³/mol. The molecule has 7 heteroatoms. The number of amides is 2. The van der Waals surface area contributed by atoms with Crippen LogP contribution in [-0.4, -0.2) is 40.3 Å². The molecule has 0 aliphatic heterocycles. The van der Waals surface area contributed by atoms with Crippen molar-refractivity contribution in [3.8, 4) is 0 Å². The van der Waals surface area contributed by atoms with E-state index in [9.17, 15) is 14.4 Å². The van der Waals surface area contributed by atoms with Gasteiger partial charge in [0.05, 0.1) is 0 Å². The molecular formula is C15H26N2O5. The lowest BCUT2D eigenvalue weighted by Gasteiger charge is -2.37. The van der Waals surface area contributed by atoms with E-state index in [1.54, 1.807) is 20.8 Å². The Hall–Kier alpha value is -1.79. The Morgan fingerprint density at radius 2 is 1.68 bits per heavy atom. The highest BCUT2D eigenvalue weighted by Gasteiger charge is 2.42. The SMILES string of the molecule is C[C@@H](NC(=O)C1(NC(=O)OC(C)(C)C)CCCCC1)C(=O)O. The van der Waals surface area contributed by atoms with E-state index in [0.29, 0.717) is 12.8 Å². The van der Waals surface area contributed by atoms with Gasteiger partial charge in [0.15, 0.2) is 0 Å². The highest BCUT2D eigenvalue weighted by Crippen LogP contribution is 2.29. The maximum Gasteiger partial charge on any atom is 0.408 e. The molecule has 1 aliphatic rings. The fourth-order valence-corrected chi connectivity index (χ4v) is 2.46. The first kappa shape index (κ1) is 18.3. The van der Waals surface area contributed by atoms with Crippen LogP contribution in [-0.2, 0) is 14.3 Å². The number of carbonyl (C=O) groups is 3. The highest BCUT2D eigenvalue weighted by molar-refractivity contribution is 5.92. The van der Waals surface area contributed by atoms with Gasteiger partial charge in [0.2, 0.25) is 5.91 Å². The number of rotatable bonds is 4. The lowest BCUT2D eigenvalue weighted by molar-refractivity contribution is -0.142. The molecule has 0 heterocycles. The number of hydrogen-bond acceptors (Lipinski definition) is 4. The molecule has 0 bridgehead atoms. The van der Waals surface area contributed by atoms with Crippen LogP contribution in [0.15, 0.2) is 0 Å². The normalized spacial score (nSPS) is 18.9. The van der Waals surface area contributed by atoms with Crippen LogP contribution >= 0.6 is 0 Å². The van der Waals surface area contributed by atoms with Crippen molar-refractivity contribution in [2.24, 2.45) is 0 Å². The fourth-order valence-electron chi connectivity index (χ4n) is 2.46. The van der Waals surface area contributed by atoms with Crippen LogP contribution in [0.1, 0.15) is 59.8 Å². The number of hydrogen-bond donors (Lipinski definition) is 3. The van der Waals surface area contributed by atoms with Crippen LogP contribution in [0.2, 0.25) is 0 Å². The minimum atomic E-state index is -1.11. The molecule has 0 radical (unpaired) electrons. The molecule has 1 atom stereocenters. The van der Waals surface area contributed by atoms with Gasteiger partial charge < -0.3 is 20.5 Å². The molecule has 7 nitrogen and oxygen atoms in total. The molecule has 0 aromatic rings. The zero-order chi connectivity index (χ0) is 17.0. The Morgan fingerprint density at radius 3 is 2.14 bits per heavy atom. The molecular weight excluding hydrogens is 288 g/mol. The summed E-state index contributed by atoms with van der Waals surface area (Å²) in [4.78, 5) is 35.4. The van der Waals surface area contributed by atoms with Gasteiger partial charge in [-0.15, -0.1) is 0 Å². The smallest absolute Gasteiger partial charge is 0.408 e. The van der Waals surface area contributed by atoms with E-state index >= 15 is 0 Å². The van der Waals surface area contributed by atoms with Crippen LogP contribution in [0.5, 0.6) is 0 Å². The fraction of sp³-hybridized carbons (Fsp3) is 0.800. The van der Waals surface area contributed by atoms with Crippen molar-refractivity contribution >= 4 is 18.0 Å². The molecule has 1 aliphatic carbocycles. The minimum Gasteiger partial charge on any atom is -0.480 e. The molecule has 0 spiro atoms. The third-order valence-electron chi connectivity index (χ3n) is 3.60. The summed E-state index contributed by atoms with van der Waals surface area (Å²) in [6, 6.07) is -1.01. The molecule has 0 unspecified atom stereocenters. The zero-order valence-electron chi connectivity index (χ0n) is 13.7. The van der Waals surface area contributed by atoms with Gasteiger partial charge in [0.25, 0.3) is 0 Å². The van der Waals surface area contributed by atoms with E-state index in [2.05, 4.69) is 10.6 Å². The summed E-state index contributed by atoms with van der Waals surface area (Å²) in [5, 5.41) is 14.0. The largest absolute Gasteiger partial charge is 0.480 e. The van der Waals surface area contributed by atoms with E-state index in [1.807, 2.05) is 0 Å². The van der Waals surface area contributed by atoms with Crippen molar-refractivity contribution in [2.45, 2.75) is 77.0 Å². The van der Waals surface area contributed by atoms with Crippen molar-refractivity contribution < 1.29 is 24.2 Å². The topological polar surface area (TPSA) is 105 Å². The number of aliphatic carboxylic acids is 1. The predicted octanol–water partition coefficient (Wildman–Crippen LogP) is 1.80. The Balaban J connectivity index is 2.83. The quantitative estimate of drug-likeness (QED) is 0.734. The Morgan fingerprint density at radius 1 is 1.14 bits per heavy atom. The molecule has 0 aromatic heterocycles. The van der Waals surface area contributed by atoms with Crippen LogP contribution in [0.4, 0.5) is 4.79 Å². The van der Waals surface area contributed by atoms with Gasteiger partial charge in [-0.1, -0.05) is 19.3 Å². The van der Waals surface area contributed by atoms with Crippen molar-refractivity contribution in [3.05, 3.63) is 0 Å². The summed E-state index contributed by atoms with van der Waals surface area (Å²) in [6.45, 7) is 6.62. The van der Waals surface area contributed by atoms with Gasteiger partial charge in [0.1, 0.15) is 17.2 Å². The van der Waals surface area contributed by atoms with Gasteiger partial charge in [-0.25, -0.2) is 4.79 Å². The van der Waals surface area contributed by atoms with E-state index < -0.39 is 35.2 Å². The molecule has 0 saturated heterocycles. The zero-order valence-corrected chi connectivity index (χ0v) is 13.7. The second-order valence-corrected chi connectivity index (χ2v) is 6.80. The Labute approximate surface area is 130 Å². The van der Waals surface area contributed by atoms with Crippen molar-refractivity contribution in [2.75, 3.05) is 0 Å². The van der Waals surface area contributed by atoms with Crippen LogP contribution in [0, 0.1) is 0 Å². The minimum absolute atomic E-state index is 0.465. The summed E-state index contributed by atoms with van der Waals surface area (Å²) in [5.74, 6) is -1.58. The van der Waals surface area contributed by atoms with Gasteiger partial charge in [-0.2, -0.15) is 0 Å². The van der Waals surface area contributed by atoms with Gasteiger partial charge in [0, 0.05) is 0 Å². The van der Waals surface area contributed by atoms with Gasteiger partial charge in [-0.3, -0.25) is 9.59 Å². The highest BCUT2D eigenvalue weighted by atomic mass is 16.6. The summed E-state index contributed by atoms with van der Waals surface area (Å²) in [6.07, 6.45) is 2.87. The molecule has 126 valence electrons. The average molecular weight is 314 g/mol. The van der Waals surface area contributed by atoms with Crippen molar-refractivity contribution in [1.29, 1.82) is 0 Å². The molecule has 1 saturated carbocycles. The van der Waals surface area contributed by atoms with Gasteiger partial charge >= 0.3 is 12.1 Å². The molecule has 3 N–H and O–H groups in total. The second kappa shape index (κ2) is 6.98. The number of carboxylic acids is 1. The number of ether oxygens (including phenoxy) is 1. The third-order valence-corrected chi connectivity index (χ3v) is 3.60. The van der Waals surface area contributed by atoms with Gasteiger partial charge in [-0.05, 0) is 40.5 Å². The molecule has 22 heavy (non-hydrogen) atoms. The summed E-state index contributed by atoms with van der Waals surface area (Å²) in [7, 11) is 0. The summed E-state index contributed by atoms with van der Waals surface area (Å²) < 4.78 is 5.22. The average Bonchev–Trinajstić information content (AvgIpc) is 2.36. The first-order valence-corrected chi connectivity index (χ1v) is 7.61. The van der Waals surface area contributed by atoms with E-state index in [-0.39, 0.29) is 0 Å². The lowest BCUT2D eigenvalue weighted by Crippen LogP contribution is -2.62. The maximum atomic E-state index is 12.5. The van der Waals surface area contributed by atoms with E-state index in [0.717, 1.165) is 19.3 Å². The van der Waals surface area contributed by atoms with Crippen LogP contribution in [0.25, 0.3) is 0 Å². The van der Waals surface area contributed by atoms with Crippen molar-refractivity contribution in [3.63, 3.8) is 0 Å². The molecule has 1 rings (SSSR count). The second-order valence-electron chi connectivity index (χ2n) is 6.80. The number of nitrogens with one attached hydrogen (secondary N) is 2. The maximum absolute atomic E-state index is 12.5. The first-order chi connectivity index (χ1) is 10.1.